The highest BCUT2D eigenvalue weighted by Crippen LogP contribution is 2.20. The molecule has 96 valence electrons. The Kier molecular flexibility index (Phi) is 3.27. The smallest absolute Gasteiger partial charge is 0.250 e. The van der Waals surface area contributed by atoms with E-state index >= 15 is 0 Å². The Morgan fingerprint density at radius 3 is 2.44 bits per heavy atom. The summed E-state index contributed by atoms with van der Waals surface area (Å²) in [6.45, 7) is 1.52. The van der Waals surface area contributed by atoms with Crippen LogP contribution in [-0.2, 0) is 9.59 Å². The van der Waals surface area contributed by atoms with Crippen molar-refractivity contribution in [3.8, 4) is 0 Å². The summed E-state index contributed by atoms with van der Waals surface area (Å²) in [5.41, 5.74) is 0.0609. The maximum atomic E-state index is 13.1. The Morgan fingerprint density at radius 2 is 1.89 bits per heavy atom. The second-order valence-corrected chi connectivity index (χ2v) is 4.08. The summed E-state index contributed by atoms with van der Waals surface area (Å²) in [6, 6.07) is 2.14. The predicted molar refractivity (Wildman–Crippen MR) is 60.9 cm³/mol. The molecule has 0 bridgehead atoms. The molecule has 1 N–H and O–H groups in total. The van der Waals surface area contributed by atoms with Crippen LogP contribution in [0.2, 0.25) is 0 Å². The summed E-state index contributed by atoms with van der Waals surface area (Å²) >= 11 is 0. The number of piperazine rings is 1. The first kappa shape index (κ1) is 12.5. The van der Waals surface area contributed by atoms with Gasteiger partial charge in [0.2, 0.25) is 11.8 Å². The Morgan fingerprint density at radius 1 is 1.28 bits per heavy atom. The Bertz CT molecular complexity index is 485. The number of nitrogens with zero attached hydrogens (tertiary/aromatic N) is 1. The van der Waals surface area contributed by atoms with Gasteiger partial charge in [-0.3, -0.25) is 9.59 Å². The topological polar surface area (TPSA) is 49.4 Å². The standard InChI is InChI=1S/C12H12F2N2O2/c1-2-10-12(18)16(6-11(17)15-10)9-4-7(13)3-8(14)5-9/h3-5,10H,2,6H2,1H3,(H,15,17). The molecule has 1 aromatic rings. The Hall–Kier alpha value is -1.98. The fourth-order valence-electron chi connectivity index (χ4n) is 1.90. The van der Waals surface area contributed by atoms with Crippen molar-refractivity contribution in [2.45, 2.75) is 19.4 Å². The van der Waals surface area contributed by atoms with Gasteiger partial charge in [-0.1, -0.05) is 6.92 Å². The van der Waals surface area contributed by atoms with Crippen LogP contribution in [0.3, 0.4) is 0 Å². The second kappa shape index (κ2) is 4.72. The van der Waals surface area contributed by atoms with Gasteiger partial charge in [0.05, 0.1) is 5.69 Å². The van der Waals surface area contributed by atoms with E-state index in [0.717, 1.165) is 23.1 Å². The molecule has 2 amide bonds. The maximum absolute atomic E-state index is 13.1. The van der Waals surface area contributed by atoms with Gasteiger partial charge in [-0.25, -0.2) is 8.78 Å². The molecule has 1 aliphatic heterocycles. The monoisotopic (exact) mass is 254 g/mol. The van der Waals surface area contributed by atoms with Crippen molar-refractivity contribution in [1.29, 1.82) is 0 Å². The zero-order valence-corrected chi connectivity index (χ0v) is 9.74. The first-order valence-electron chi connectivity index (χ1n) is 5.58. The molecule has 1 atom stereocenters. The highest BCUT2D eigenvalue weighted by atomic mass is 19.1. The van der Waals surface area contributed by atoms with Gasteiger partial charge in [-0.15, -0.1) is 0 Å². The van der Waals surface area contributed by atoms with Gasteiger partial charge in [-0.2, -0.15) is 0 Å². The average Bonchev–Trinajstić information content (AvgIpc) is 2.30. The number of anilines is 1. The van der Waals surface area contributed by atoms with Gasteiger partial charge >= 0.3 is 0 Å². The van der Waals surface area contributed by atoms with Gasteiger partial charge < -0.3 is 10.2 Å². The molecule has 0 saturated carbocycles. The van der Waals surface area contributed by atoms with Crippen LogP contribution in [0.25, 0.3) is 0 Å². The molecular weight excluding hydrogens is 242 g/mol. The van der Waals surface area contributed by atoms with Gasteiger partial charge in [0.15, 0.2) is 0 Å². The molecule has 2 rings (SSSR count). The Balaban J connectivity index is 2.35. The third-order valence-electron chi connectivity index (χ3n) is 2.77. The molecule has 1 aromatic carbocycles. The van der Waals surface area contributed by atoms with E-state index in [1.807, 2.05) is 0 Å². The molecule has 0 aliphatic carbocycles. The lowest BCUT2D eigenvalue weighted by Gasteiger charge is -2.32. The largest absolute Gasteiger partial charge is 0.343 e. The quantitative estimate of drug-likeness (QED) is 0.862. The van der Waals surface area contributed by atoms with Crippen LogP contribution in [0.15, 0.2) is 18.2 Å². The molecule has 18 heavy (non-hydrogen) atoms. The first-order chi connectivity index (χ1) is 8.51. The molecule has 1 saturated heterocycles. The van der Waals surface area contributed by atoms with Crippen LogP contribution in [0, 0.1) is 11.6 Å². The number of hydrogen-bond acceptors (Lipinski definition) is 2. The number of carbonyl (C=O) groups excluding carboxylic acids is 2. The lowest BCUT2D eigenvalue weighted by Crippen LogP contribution is -2.58. The van der Waals surface area contributed by atoms with E-state index in [9.17, 15) is 18.4 Å². The van der Waals surface area contributed by atoms with Crippen molar-refractivity contribution in [3.05, 3.63) is 29.8 Å². The normalized spacial score (nSPS) is 19.9. The van der Waals surface area contributed by atoms with E-state index in [0.29, 0.717) is 6.42 Å². The minimum absolute atomic E-state index is 0.0609. The van der Waals surface area contributed by atoms with Crippen molar-refractivity contribution in [3.63, 3.8) is 0 Å². The number of hydrogen-bond donors (Lipinski definition) is 1. The molecule has 1 aliphatic rings. The first-order valence-corrected chi connectivity index (χ1v) is 5.58. The van der Waals surface area contributed by atoms with Crippen molar-refractivity contribution in [2.24, 2.45) is 0 Å². The number of carbonyl (C=O) groups is 2. The molecule has 0 spiro atoms. The van der Waals surface area contributed by atoms with Gasteiger partial charge in [-0.05, 0) is 18.6 Å². The zero-order valence-electron chi connectivity index (χ0n) is 9.74. The molecule has 4 nitrogen and oxygen atoms in total. The predicted octanol–water partition coefficient (Wildman–Crippen LogP) is 1.21. The van der Waals surface area contributed by atoms with E-state index < -0.39 is 17.7 Å². The highest BCUT2D eigenvalue weighted by Gasteiger charge is 2.32. The van der Waals surface area contributed by atoms with E-state index in [2.05, 4.69) is 5.32 Å². The third kappa shape index (κ3) is 2.32. The second-order valence-electron chi connectivity index (χ2n) is 4.08. The van der Waals surface area contributed by atoms with Crippen LogP contribution >= 0.6 is 0 Å². The van der Waals surface area contributed by atoms with Crippen molar-refractivity contribution < 1.29 is 18.4 Å². The molecule has 6 heteroatoms. The number of halogens is 2. The summed E-state index contributed by atoms with van der Waals surface area (Å²) < 4.78 is 26.2. The van der Waals surface area contributed by atoms with Crippen molar-refractivity contribution >= 4 is 17.5 Å². The summed E-state index contributed by atoms with van der Waals surface area (Å²) in [5.74, 6) is -2.26. The van der Waals surface area contributed by atoms with Crippen LogP contribution in [0.5, 0.6) is 0 Å². The maximum Gasteiger partial charge on any atom is 0.250 e. The van der Waals surface area contributed by atoms with Crippen LogP contribution in [0.4, 0.5) is 14.5 Å². The average molecular weight is 254 g/mol. The number of rotatable bonds is 2. The summed E-state index contributed by atoms with van der Waals surface area (Å²) in [7, 11) is 0. The van der Waals surface area contributed by atoms with E-state index in [1.165, 1.54) is 0 Å². The fraction of sp³-hybridized carbons (Fsp3) is 0.333. The minimum atomic E-state index is -0.781. The van der Waals surface area contributed by atoms with E-state index in [4.69, 9.17) is 0 Å². The molecule has 0 aromatic heterocycles. The molecule has 0 radical (unpaired) electrons. The Labute approximate surface area is 103 Å². The van der Waals surface area contributed by atoms with Gasteiger partial charge in [0.25, 0.3) is 0 Å². The summed E-state index contributed by atoms with van der Waals surface area (Å²) in [4.78, 5) is 24.5. The van der Waals surface area contributed by atoms with Crippen molar-refractivity contribution in [1.82, 2.24) is 5.32 Å². The molecule has 1 fully saturated rings. The van der Waals surface area contributed by atoms with Crippen LogP contribution in [0.1, 0.15) is 13.3 Å². The zero-order chi connectivity index (χ0) is 13.3. The van der Waals surface area contributed by atoms with Crippen LogP contribution < -0.4 is 10.2 Å². The fourth-order valence-corrected chi connectivity index (χ4v) is 1.90. The lowest BCUT2D eigenvalue weighted by molar-refractivity contribution is -0.131. The lowest BCUT2D eigenvalue weighted by atomic mass is 10.1. The summed E-state index contributed by atoms with van der Waals surface area (Å²) in [5, 5.41) is 2.53. The highest BCUT2D eigenvalue weighted by molar-refractivity contribution is 6.06. The molecule has 1 heterocycles. The van der Waals surface area contributed by atoms with E-state index in [-0.39, 0.29) is 24.0 Å². The number of nitrogens with one attached hydrogen (secondary N) is 1. The third-order valence-corrected chi connectivity index (χ3v) is 2.77. The molecule has 1 unspecified atom stereocenters. The van der Waals surface area contributed by atoms with Crippen LogP contribution in [-0.4, -0.2) is 24.4 Å². The number of amides is 2. The van der Waals surface area contributed by atoms with Crippen molar-refractivity contribution in [2.75, 3.05) is 11.4 Å². The number of benzene rings is 1. The minimum Gasteiger partial charge on any atom is -0.343 e. The van der Waals surface area contributed by atoms with Gasteiger partial charge in [0, 0.05) is 6.07 Å². The van der Waals surface area contributed by atoms with E-state index in [1.54, 1.807) is 6.92 Å². The SMILES string of the molecule is CCC1NC(=O)CN(c2cc(F)cc(F)c2)C1=O. The van der Waals surface area contributed by atoms with Gasteiger partial charge in [0.1, 0.15) is 24.2 Å². The summed E-state index contributed by atoms with van der Waals surface area (Å²) in [6.07, 6.45) is 0.429. The molecular formula is C12H12F2N2O2.